The molecule has 0 atom stereocenters. The summed E-state index contributed by atoms with van der Waals surface area (Å²) in [6, 6.07) is 6.43. The van der Waals surface area contributed by atoms with E-state index in [-0.39, 0.29) is 10.9 Å². The number of hydrogen-bond acceptors (Lipinski definition) is 5. The molecule has 21 heavy (non-hydrogen) atoms. The summed E-state index contributed by atoms with van der Waals surface area (Å²) in [7, 11) is 1.32. The highest BCUT2D eigenvalue weighted by Gasteiger charge is 2.19. The Morgan fingerprint density at radius 2 is 1.86 bits per heavy atom. The molecule has 1 aromatic rings. The minimum atomic E-state index is -0.420. The third-order valence-corrected chi connectivity index (χ3v) is 3.50. The van der Waals surface area contributed by atoms with Crippen LogP contribution in [0, 0.1) is 0 Å². The third-order valence-electron chi connectivity index (χ3n) is 3.06. The molecule has 1 aliphatic heterocycles. The molecule has 0 unspecified atom stereocenters. The smallest absolute Gasteiger partial charge is 0.337 e. The van der Waals surface area contributed by atoms with E-state index in [4.69, 9.17) is 17.0 Å². The molecule has 112 valence electrons. The maximum absolute atomic E-state index is 12.1. The summed E-state index contributed by atoms with van der Waals surface area (Å²) in [6.45, 7) is 2.38. The van der Waals surface area contributed by atoms with Gasteiger partial charge in [0.2, 0.25) is 0 Å². The fourth-order valence-corrected chi connectivity index (χ4v) is 2.14. The van der Waals surface area contributed by atoms with Crippen molar-refractivity contribution in [1.29, 1.82) is 0 Å². The zero-order chi connectivity index (χ0) is 15.2. The molecule has 1 aromatic carbocycles. The standard InChI is InChI=1S/C14H16N2O4S/c1-19-14(18)10-2-4-11(5-3-10)15-12(17)13(21)16-6-8-20-9-7-16/h2-5H,6-9H2,1H3,(H,15,17). The quantitative estimate of drug-likeness (QED) is 0.651. The number of rotatable bonds is 2. The second-order valence-corrected chi connectivity index (χ2v) is 4.81. The van der Waals surface area contributed by atoms with Gasteiger partial charge in [0.05, 0.1) is 25.9 Å². The van der Waals surface area contributed by atoms with Crippen LogP contribution in [0.3, 0.4) is 0 Å². The van der Waals surface area contributed by atoms with Gasteiger partial charge in [-0.3, -0.25) is 4.79 Å². The molecule has 1 saturated heterocycles. The van der Waals surface area contributed by atoms with Gasteiger partial charge in [0.15, 0.2) is 4.99 Å². The SMILES string of the molecule is COC(=O)c1ccc(NC(=O)C(=S)N2CCOCC2)cc1. The van der Waals surface area contributed by atoms with Gasteiger partial charge in [0.1, 0.15) is 0 Å². The van der Waals surface area contributed by atoms with Crippen molar-refractivity contribution in [2.45, 2.75) is 0 Å². The Balaban J connectivity index is 1.95. The van der Waals surface area contributed by atoms with Crippen LogP contribution >= 0.6 is 12.2 Å². The number of hydrogen-bond donors (Lipinski definition) is 1. The minimum absolute atomic E-state index is 0.246. The van der Waals surface area contributed by atoms with Crippen LogP contribution in [0.1, 0.15) is 10.4 Å². The number of morpholine rings is 1. The zero-order valence-electron chi connectivity index (χ0n) is 11.6. The van der Waals surface area contributed by atoms with Crippen molar-refractivity contribution in [2.24, 2.45) is 0 Å². The van der Waals surface area contributed by atoms with Gasteiger partial charge in [0.25, 0.3) is 5.91 Å². The number of nitrogens with one attached hydrogen (secondary N) is 1. The molecule has 1 heterocycles. The van der Waals surface area contributed by atoms with Crippen LogP contribution in [0.4, 0.5) is 5.69 Å². The van der Waals surface area contributed by atoms with E-state index in [0.29, 0.717) is 37.6 Å². The summed E-state index contributed by atoms with van der Waals surface area (Å²) < 4.78 is 9.83. The summed E-state index contributed by atoms with van der Waals surface area (Å²) in [5.74, 6) is -0.755. The molecule has 7 heteroatoms. The van der Waals surface area contributed by atoms with Gasteiger partial charge in [-0.25, -0.2) is 4.79 Å². The van der Waals surface area contributed by atoms with Crippen LogP contribution in [-0.4, -0.2) is 55.2 Å². The van der Waals surface area contributed by atoms with Crippen molar-refractivity contribution in [3.63, 3.8) is 0 Å². The number of amides is 1. The number of carbonyl (C=O) groups excluding carboxylic acids is 2. The monoisotopic (exact) mass is 308 g/mol. The normalized spacial score (nSPS) is 14.4. The van der Waals surface area contributed by atoms with E-state index in [9.17, 15) is 9.59 Å². The average Bonchev–Trinajstić information content (AvgIpc) is 2.55. The van der Waals surface area contributed by atoms with E-state index in [0.717, 1.165) is 0 Å². The number of carbonyl (C=O) groups is 2. The first kappa shape index (κ1) is 15.4. The van der Waals surface area contributed by atoms with Crippen LogP contribution in [0.25, 0.3) is 0 Å². The lowest BCUT2D eigenvalue weighted by Gasteiger charge is -2.28. The molecule has 0 radical (unpaired) electrons. The summed E-state index contributed by atoms with van der Waals surface area (Å²) in [5.41, 5.74) is 0.995. The number of esters is 1. The minimum Gasteiger partial charge on any atom is -0.465 e. The third kappa shape index (κ3) is 3.99. The number of anilines is 1. The Kier molecular flexibility index (Phi) is 5.24. The van der Waals surface area contributed by atoms with Crippen LogP contribution in [0.15, 0.2) is 24.3 Å². The van der Waals surface area contributed by atoms with Crippen LogP contribution in [-0.2, 0) is 14.3 Å². The number of nitrogens with zero attached hydrogens (tertiary/aromatic N) is 1. The molecule has 1 aliphatic rings. The molecule has 0 saturated carbocycles. The second-order valence-electron chi connectivity index (χ2n) is 4.43. The highest BCUT2D eigenvalue weighted by Crippen LogP contribution is 2.11. The van der Waals surface area contributed by atoms with Crippen molar-refractivity contribution >= 4 is 34.8 Å². The predicted molar refractivity (Wildman–Crippen MR) is 81.4 cm³/mol. The van der Waals surface area contributed by atoms with Crippen LogP contribution < -0.4 is 5.32 Å². The van der Waals surface area contributed by atoms with Crippen molar-refractivity contribution in [1.82, 2.24) is 4.90 Å². The lowest BCUT2D eigenvalue weighted by Crippen LogP contribution is -2.44. The van der Waals surface area contributed by atoms with E-state index >= 15 is 0 Å². The molecule has 0 aliphatic carbocycles. The van der Waals surface area contributed by atoms with Crippen molar-refractivity contribution in [2.75, 3.05) is 38.7 Å². The molecule has 0 aromatic heterocycles. The summed E-state index contributed by atoms with van der Waals surface area (Å²) >= 11 is 5.17. The first-order valence-electron chi connectivity index (χ1n) is 6.48. The number of methoxy groups -OCH3 is 1. The topological polar surface area (TPSA) is 67.9 Å². The van der Waals surface area contributed by atoms with Gasteiger partial charge in [-0.1, -0.05) is 12.2 Å². The highest BCUT2D eigenvalue weighted by molar-refractivity contribution is 7.82. The number of ether oxygens (including phenoxy) is 2. The summed E-state index contributed by atoms with van der Waals surface area (Å²) in [6.07, 6.45) is 0. The molecule has 1 N–H and O–H groups in total. The number of thiocarbonyl (C=S) groups is 1. The maximum atomic E-state index is 12.1. The Hall–Kier alpha value is -1.99. The summed E-state index contributed by atoms with van der Waals surface area (Å²) in [4.78, 5) is 25.4. The van der Waals surface area contributed by atoms with Crippen molar-refractivity contribution in [3.05, 3.63) is 29.8 Å². The Labute approximate surface area is 128 Å². The molecule has 6 nitrogen and oxygen atoms in total. The van der Waals surface area contributed by atoms with E-state index in [1.807, 2.05) is 4.90 Å². The van der Waals surface area contributed by atoms with Gasteiger partial charge in [0, 0.05) is 18.8 Å². The molecule has 1 fully saturated rings. The first-order valence-corrected chi connectivity index (χ1v) is 6.89. The van der Waals surface area contributed by atoms with E-state index in [1.165, 1.54) is 7.11 Å². The van der Waals surface area contributed by atoms with Crippen molar-refractivity contribution in [3.8, 4) is 0 Å². The Bertz CT molecular complexity index is 538. The van der Waals surface area contributed by atoms with Gasteiger partial charge >= 0.3 is 5.97 Å². The lowest BCUT2D eigenvalue weighted by atomic mass is 10.2. The zero-order valence-corrected chi connectivity index (χ0v) is 12.4. The van der Waals surface area contributed by atoms with Gasteiger partial charge in [-0.15, -0.1) is 0 Å². The van der Waals surface area contributed by atoms with E-state index in [2.05, 4.69) is 10.1 Å². The molecule has 1 amide bonds. The molecule has 0 bridgehead atoms. The fourth-order valence-electron chi connectivity index (χ4n) is 1.90. The van der Waals surface area contributed by atoms with E-state index < -0.39 is 5.97 Å². The lowest BCUT2D eigenvalue weighted by molar-refractivity contribution is -0.111. The Morgan fingerprint density at radius 1 is 1.24 bits per heavy atom. The van der Waals surface area contributed by atoms with Crippen molar-refractivity contribution < 1.29 is 19.1 Å². The molecule has 2 rings (SSSR count). The van der Waals surface area contributed by atoms with Gasteiger partial charge in [-0.2, -0.15) is 0 Å². The predicted octanol–water partition coefficient (Wildman–Crippen LogP) is 1.07. The Morgan fingerprint density at radius 3 is 2.43 bits per heavy atom. The largest absolute Gasteiger partial charge is 0.465 e. The van der Waals surface area contributed by atoms with Crippen LogP contribution in [0.2, 0.25) is 0 Å². The molecular weight excluding hydrogens is 292 g/mol. The fraction of sp³-hybridized carbons (Fsp3) is 0.357. The molecular formula is C14H16N2O4S. The van der Waals surface area contributed by atoms with Gasteiger partial charge < -0.3 is 19.7 Å². The first-order chi connectivity index (χ1) is 10.1. The van der Waals surface area contributed by atoms with Gasteiger partial charge in [-0.05, 0) is 24.3 Å². The molecule has 0 spiro atoms. The van der Waals surface area contributed by atoms with E-state index in [1.54, 1.807) is 24.3 Å². The average molecular weight is 308 g/mol. The summed E-state index contributed by atoms with van der Waals surface area (Å²) in [5, 5.41) is 2.71. The second kappa shape index (κ2) is 7.14. The highest BCUT2D eigenvalue weighted by atomic mass is 32.1. The maximum Gasteiger partial charge on any atom is 0.337 e. The van der Waals surface area contributed by atoms with Crippen LogP contribution in [0.5, 0.6) is 0 Å². The number of benzene rings is 1.